The molecular weight excluding hydrogens is 234 g/mol. The first-order chi connectivity index (χ1) is 7.72. The Hall–Kier alpha value is -1.71. The van der Waals surface area contributed by atoms with Crippen molar-refractivity contribution in [2.24, 2.45) is 5.73 Å². The number of nitrogens with two attached hydrogens (primary N) is 3. The summed E-state index contributed by atoms with van der Waals surface area (Å²) in [5.74, 6) is 0. The fourth-order valence-electron chi connectivity index (χ4n) is 1.75. The molecule has 0 fully saturated rings. The molecule has 0 heterocycles. The molecule has 0 spiro atoms. The summed E-state index contributed by atoms with van der Waals surface area (Å²) in [5.41, 5.74) is 21.7. The molecule has 0 saturated heterocycles. The summed E-state index contributed by atoms with van der Waals surface area (Å²) >= 11 is 0. The van der Waals surface area contributed by atoms with Crippen molar-refractivity contribution in [2.75, 3.05) is 11.5 Å². The number of halogens is 1. The van der Waals surface area contributed by atoms with Crippen LogP contribution < -0.4 is 17.2 Å². The lowest BCUT2D eigenvalue weighted by Gasteiger charge is -2.10. The molecule has 2 aromatic rings. The quantitative estimate of drug-likeness (QED) is 0.715. The Morgan fingerprint density at radius 1 is 0.824 bits per heavy atom. The van der Waals surface area contributed by atoms with Gasteiger partial charge in [0.05, 0.1) is 0 Å². The zero-order chi connectivity index (χ0) is 11.5. The molecule has 0 bridgehead atoms. The third-order valence-corrected chi connectivity index (χ3v) is 2.63. The molecule has 0 aliphatic carbocycles. The van der Waals surface area contributed by atoms with Gasteiger partial charge in [-0.15, -0.1) is 12.4 Å². The summed E-state index contributed by atoms with van der Waals surface area (Å²) in [6, 6.07) is 13.8. The molecule has 0 aliphatic heterocycles. The molecule has 4 heteroatoms. The third-order valence-electron chi connectivity index (χ3n) is 2.63. The summed E-state index contributed by atoms with van der Waals surface area (Å²) in [6.07, 6.45) is 0. The van der Waals surface area contributed by atoms with Crippen LogP contribution in [0.15, 0.2) is 42.5 Å². The minimum Gasteiger partial charge on any atom is -0.398 e. The molecule has 17 heavy (non-hydrogen) atoms. The standard InChI is InChI=1S/C13H15N3.ClH/c14-8-11-12(15)6-10(7-13(11)16)9-4-2-1-3-5-9;/h1-7H,8,14-16H2;1H. The van der Waals surface area contributed by atoms with E-state index in [1.165, 1.54) is 0 Å². The summed E-state index contributed by atoms with van der Waals surface area (Å²) < 4.78 is 0. The van der Waals surface area contributed by atoms with Crippen molar-refractivity contribution in [1.82, 2.24) is 0 Å². The van der Waals surface area contributed by atoms with Crippen LogP contribution in [-0.2, 0) is 6.54 Å². The smallest absolute Gasteiger partial charge is 0.0386 e. The number of anilines is 2. The molecule has 6 N–H and O–H groups in total. The molecule has 2 aromatic carbocycles. The zero-order valence-electron chi connectivity index (χ0n) is 9.39. The van der Waals surface area contributed by atoms with Gasteiger partial charge in [0.1, 0.15) is 0 Å². The first kappa shape index (κ1) is 13.4. The van der Waals surface area contributed by atoms with Gasteiger partial charge in [-0.2, -0.15) is 0 Å². The number of benzene rings is 2. The molecule has 0 unspecified atom stereocenters. The van der Waals surface area contributed by atoms with Crippen LogP contribution in [0, 0.1) is 0 Å². The largest absolute Gasteiger partial charge is 0.398 e. The predicted octanol–water partition coefficient (Wildman–Crippen LogP) is 2.40. The van der Waals surface area contributed by atoms with E-state index in [0.29, 0.717) is 17.9 Å². The van der Waals surface area contributed by atoms with Crippen LogP contribution in [0.3, 0.4) is 0 Å². The second-order valence-corrected chi connectivity index (χ2v) is 3.70. The molecule has 0 saturated carbocycles. The summed E-state index contributed by atoms with van der Waals surface area (Å²) in [5, 5.41) is 0. The van der Waals surface area contributed by atoms with Crippen molar-refractivity contribution in [1.29, 1.82) is 0 Å². The number of hydrogen-bond acceptors (Lipinski definition) is 3. The Labute approximate surface area is 107 Å². The molecule has 0 atom stereocenters. The van der Waals surface area contributed by atoms with Gasteiger partial charge < -0.3 is 17.2 Å². The van der Waals surface area contributed by atoms with Gasteiger partial charge in [0.2, 0.25) is 0 Å². The minimum absolute atomic E-state index is 0. The lowest BCUT2D eigenvalue weighted by molar-refractivity contribution is 1.08. The Morgan fingerprint density at radius 3 is 1.82 bits per heavy atom. The second-order valence-electron chi connectivity index (χ2n) is 3.70. The maximum Gasteiger partial charge on any atom is 0.0386 e. The third kappa shape index (κ3) is 2.70. The highest BCUT2D eigenvalue weighted by molar-refractivity contribution is 5.85. The Bertz CT molecular complexity index is 474. The van der Waals surface area contributed by atoms with Crippen LogP contribution in [0.4, 0.5) is 11.4 Å². The SMILES string of the molecule is Cl.NCc1c(N)cc(-c2ccccc2)cc1N. The van der Waals surface area contributed by atoms with E-state index in [0.717, 1.165) is 16.7 Å². The van der Waals surface area contributed by atoms with Crippen LogP contribution in [0.25, 0.3) is 11.1 Å². The van der Waals surface area contributed by atoms with Crippen molar-refractivity contribution >= 4 is 23.8 Å². The Balaban J connectivity index is 0.00000144. The van der Waals surface area contributed by atoms with Crippen molar-refractivity contribution < 1.29 is 0 Å². The Kier molecular flexibility index (Phi) is 4.37. The van der Waals surface area contributed by atoms with Gasteiger partial charge in [-0.25, -0.2) is 0 Å². The maximum atomic E-state index is 5.91. The van der Waals surface area contributed by atoms with E-state index in [1.807, 2.05) is 42.5 Å². The van der Waals surface area contributed by atoms with Gasteiger partial charge in [-0.05, 0) is 23.3 Å². The van der Waals surface area contributed by atoms with E-state index < -0.39 is 0 Å². The molecule has 0 aromatic heterocycles. The van der Waals surface area contributed by atoms with Crippen LogP contribution in [0.5, 0.6) is 0 Å². The molecular formula is C13H16ClN3. The highest BCUT2D eigenvalue weighted by Crippen LogP contribution is 2.28. The van der Waals surface area contributed by atoms with Crippen LogP contribution in [0.2, 0.25) is 0 Å². The molecule has 0 amide bonds. The predicted molar refractivity (Wildman–Crippen MR) is 75.8 cm³/mol. The number of nitrogen functional groups attached to an aromatic ring is 2. The van der Waals surface area contributed by atoms with Gasteiger partial charge in [0.15, 0.2) is 0 Å². The number of hydrogen-bond donors (Lipinski definition) is 3. The molecule has 90 valence electrons. The fraction of sp³-hybridized carbons (Fsp3) is 0.0769. The van der Waals surface area contributed by atoms with E-state index in [1.54, 1.807) is 0 Å². The van der Waals surface area contributed by atoms with E-state index >= 15 is 0 Å². The zero-order valence-corrected chi connectivity index (χ0v) is 10.2. The van der Waals surface area contributed by atoms with Gasteiger partial charge in [0, 0.05) is 23.5 Å². The summed E-state index contributed by atoms with van der Waals surface area (Å²) in [7, 11) is 0. The monoisotopic (exact) mass is 249 g/mol. The summed E-state index contributed by atoms with van der Waals surface area (Å²) in [4.78, 5) is 0. The first-order valence-electron chi connectivity index (χ1n) is 5.15. The lowest BCUT2D eigenvalue weighted by Crippen LogP contribution is -2.06. The average Bonchev–Trinajstić information content (AvgIpc) is 2.30. The van der Waals surface area contributed by atoms with Gasteiger partial charge in [-0.1, -0.05) is 30.3 Å². The van der Waals surface area contributed by atoms with Crippen LogP contribution in [-0.4, -0.2) is 0 Å². The highest BCUT2D eigenvalue weighted by Gasteiger charge is 2.06. The van der Waals surface area contributed by atoms with E-state index in [4.69, 9.17) is 17.2 Å². The second kappa shape index (κ2) is 5.57. The van der Waals surface area contributed by atoms with Crippen molar-refractivity contribution in [2.45, 2.75) is 6.54 Å². The highest BCUT2D eigenvalue weighted by atomic mass is 35.5. The van der Waals surface area contributed by atoms with E-state index in [2.05, 4.69) is 0 Å². The fourth-order valence-corrected chi connectivity index (χ4v) is 1.75. The molecule has 2 rings (SSSR count). The molecule has 0 radical (unpaired) electrons. The van der Waals surface area contributed by atoms with Gasteiger partial charge >= 0.3 is 0 Å². The van der Waals surface area contributed by atoms with Crippen LogP contribution >= 0.6 is 12.4 Å². The normalized spacial score (nSPS) is 9.71. The van der Waals surface area contributed by atoms with Crippen molar-refractivity contribution in [3.63, 3.8) is 0 Å². The maximum absolute atomic E-state index is 5.91. The summed E-state index contributed by atoms with van der Waals surface area (Å²) in [6.45, 7) is 0.368. The van der Waals surface area contributed by atoms with Gasteiger partial charge in [0.25, 0.3) is 0 Å². The van der Waals surface area contributed by atoms with Gasteiger partial charge in [-0.3, -0.25) is 0 Å². The van der Waals surface area contributed by atoms with E-state index in [-0.39, 0.29) is 12.4 Å². The van der Waals surface area contributed by atoms with Crippen molar-refractivity contribution in [3.05, 3.63) is 48.0 Å². The number of rotatable bonds is 2. The molecule has 0 aliphatic rings. The molecule has 3 nitrogen and oxygen atoms in total. The van der Waals surface area contributed by atoms with Crippen LogP contribution in [0.1, 0.15) is 5.56 Å². The topological polar surface area (TPSA) is 78.1 Å². The first-order valence-corrected chi connectivity index (χ1v) is 5.15. The van der Waals surface area contributed by atoms with E-state index in [9.17, 15) is 0 Å². The minimum atomic E-state index is 0. The van der Waals surface area contributed by atoms with Crippen molar-refractivity contribution in [3.8, 4) is 11.1 Å². The lowest BCUT2D eigenvalue weighted by atomic mass is 10.0. The average molecular weight is 250 g/mol. The Morgan fingerprint density at radius 2 is 1.35 bits per heavy atom.